The van der Waals surface area contributed by atoms with Gasteiger partial charge in [-0.25, -0.2) is 9.37 Å². The number of aromatic nitrogens is 1. The number of alkyl halides is 3. The minimum absolute atomic E-state index is 0.0347. The molecule has 2 aromatic rings. The van der Waals surface area contributed by atoms with Gasteiger partial charge in [0.2, 0.25) is 0 Å². The summed E-state index contributed by atoms with van der Waals surface area (Å²) in [6.07, 6.45) is -3.23. The molecule has 0 atom stereocenters. The van der Waals surface area contributed by atoms with Gasteiger partial charge in [0.1, 0.15) is 10.8 Å². The first kappa shape index (κ1) is 15.4. The van der Waals surface area contributed by atoms with Crippen LogP contribution in [0.4, 0.5) is 17.6 Å². The molecule has 1 amide bonds. The Morgan fingerprint density at radius 1 is 1.38 bits per heavy atom. The van der Waals surface area contributed by atoms with Gasteiger partial charge in [0.05, 0.1) is 17.7 Å². The first-order chi connectivity index (χ1) is 9.79. The molecule has 0 aliphatic carbocycles. The van der Waals surface area contributed by atoms with Gasteiger partial charge in [-0.05, 0) is 19.1 Å². The van der Waals surface area contributed by atoms with Gasteiger partial charge in [-0.3, -0.25) is 4.79 Å². The maximum absolute atomic E-state index is 13.8. The average Bonchev–Trinajstić information content (AvgIpc) is 2.80. The first-order valence-corrected chi connectivity index (χ1v) is 6.66. The van der Waals surface area contributed by atoms with Crippen molar-refractivity contribution in [3.63, 3.8) is 0 Å². The summed E-state index contributed by atoms with van der Waals surface area (Å²) in [4.78, 5) is 16.7. The predicted octanol–water partition coefficient (Wildman–Crippen LogP) is 3.54. The van der Waals surface area contributed by atoms with Crippen LogP contribution in [0.15, 0.2) is 24.4 Å². The van der Waals surface area contributed by atoms with Crippen molar-refractivity contribution in [2.75, 3.05) is 0 Å². The molecule has 1 aromatic carbocycles. The van der Waals surface area contributed by atoms with Crippen LogP contribution < -0.4 is 5.32 Å². The van der Waals surface area contributed by atoms with Crippen molar-refractivity contribution >= 4 is 17.2 Å². The highest BCUT2D eigenvalue weighted by molar-refractivity contribution is 7.11. The van der Waals surface area contributed by atoms with Gasteiger partial charge in [0.15, 0.2) is 0 Å². The topological polar surface area (TPSA) is 42.0 Å². The fraction of sp³-hybridized carbons (Fsp3) is 0.231. The van der Waals surface area contributed by atoms with E-state index in [0.29, 0.717) is 11.1 Å². The van der Waals surface area contributed by atoms with Crippen LogP contribution in [0.25, 0.3) is 0 Å². The molecule has 112 valence electrons. The van der Waals surface area contributed by atoms with Crippen LogP contribution >= 0.6 is 11.3 Å². The van der Waals surface area contributed by atoms with E-state index in [1.54, 1.807) is 6.20 Å². The van der Waals surface area contributed by atoms with E-state index >= 15 is 0 Å². The highest BCUT2D eigenvalue weighted by Crippen LogP contribution is 2.32. The summed E-state index contributed by atoms with van der Waals surface area (Å²) in [7, 11) is 0. The molecule has 0 saturated carbocycles. The number of thiazole rings is 1. The van der Waals surface area contributed by atoms with Gasteiger partial charge in [-0.2, -0.15) is 13.2 Å². The summed E-state index contributed by atoms with van der Waals surface area (Å²) >= 11 is 1.34. The number of carbonyl (C=O) groups excluding carboxylic acids is 1. The molecule has 0 unspecified atom stereocenters. The van der Waals surface area contributed by atoms with Crippen molar-refractivity contribution in [1.29, 1.82) is 0 Å². The molecule has 0 fully saturated rings. The lowest BCUT2D eigenvalue weighted by Gasteiger charge is -2.11. The molecule has 21 heavy (non-hydrogen) atoms. The highest BCUT2D eigenvalue weighted by atomic mass is 32.1. The molecule has 0 aliphatic heterocycles. The average molecular weight is 318 g/mol. The number of amides is 1. The second-order valence-electron chi connectivity index (χ2n) is 4.21. The van der Waals surface area contributed by atoms with E-state index in [1.165, 1.54) is 11.3 Å². The third-order valence-corrected chi connectivity index (χ3v) is 3.53. The van der Waals surface area contributed by atoms with E-state index in [9.17, 15) is 22.4 Å². The lowest BCUT2D eigenvalue weighted by atomic mass is 10.1. The van der Waals surface area contributed by atoms with Crippen molar-refractivity contribution in [2.45, 2.75) is 19.6 Å². The number of benzene rings is 1. The molecule has 3 nitrogen and oxygen atoms in total. The van der Waals surface area contributed by atoms with Crippen LogP contribution in [0.3, 0.4) is 0 Å². The van der Waals surface area contributed by atoms with Crippen LogP contribution in [0.1, 0.15) is 25.8 Å². The van der Waals surface area contributed by atoms with Crippen LogP contribution in [0.2, 0.25) is 0 Å². The summed E-state index contributed by atoms with van der Waals surface area (Å²) in [5.74, 6) is -2.48. The van der Waals surface area contributed by atoms with Gasteiger partial charge >= 0.3 is 6.18 Å². The molecule has 0 radical (unpaired) electrons. The zero-order valence-electron chi connectivity index (χ0n) is 10.8. The maximum Gasteiger partial charge on any atom is 0.419 e. The fourth-order valence-corrected chi connectivity index (χ4v) is 2.39. The summed E-state index contributed by atoms with van der Waals surface area (Å²) < 4.78 is 51.5. The number of halogens is 4. The molecule has 0 spiro atoms. The number of nitrogens with one attached hydrogen (secondary N) is 1. The van der Waals surface area contributed by atoms with Crippen LogP contribution in [-0.4, -0.2) is 10.9 Å². The molecule has 0 saturated heterocycles. The van der Waals surface area contributed by atoms with Crippen molar-refractivity contribution in [3.05, 3.63) is 51.2 Å². The molecule has 8 heteroatoms. The third-order valence-electron chi connectivity index (χ3n) is 2.62. The van der Waals surface area contributed by atoms with Gasteiger partial charge in [0, 0.05) is 11.1 Å². The Morgan fingerprint density at radius 2 is 2.10 bits per heavy atom. The van der Waals surface area contributed by atoms with Gasteiger partial charge in [-0.1, -0.05) is 6.07 Å². The van der Waals surface area contributed by atoms with E-state index in [0.717, 1.165) is 17.0 Å². The van der Waals surface area contributed by atoms with Crippen molar-refractivity contribution in [1.82, 2.24) is 10.3 Å². The van der Waals surface area contributed by atoms with Gasteiger partial charge < -0.3 is 5.32 Å². The number of nitrogens with zero attached hydrogens (tertiary/aromatic N) is 1. The Labute approximate surface area is 121 Å². The van der Waals surface area contributed by atoms with Gasteiger partial charge in [-0.15, -0.1) is 11.3 Å². The van der Waals surface area contributed by atoms with E-state index in [-0.39, 0.29) is 6.54 Å². The molecule has 0 aliphatic rings. The monoisotopic (exact) mass is 318 g/mol. The van der Waals surface area contributed by atoms with Crippen LogP contribution in [-0.2, 0) is 12.7 Å². The van der Waals surface area contributed by atoms with E-state index in [1.807, 2.05) is 6.92 Å². The first-order valence-electron chi connectivity index (χ1n) is 5.84. The highest BCUT2D eigenvalue weighted by Gasteiger charge is 2.35. The number of rotatable bonds is 3. The summed E-state index contributed by atoms with van der Waals surface area (Å²) in [5.41, 5.74) is -2.10. The van der Waals surface area contributed by atoms with Crippen LogP contribution in [0, 0.1) is 12.7 Å². The summed E-state index contributed by atoms with van der Waals surface area (Å²) in [6.45, 7) is 1.86. The fourth-order valence-electron chi connectivity index (χ4n) is 1.66. The number of hydrogen-bond acceptors (Lipinski definition) is 3. The quantitative estimate of drug-likeness (QED) is 0.880. The van der Waals surface area contributed by atoms with E-state index in [4.69, 9.17) is 0 Å². The molecule has 0 bridgehead atoms. The zero-order valence-corrected chi connectivity index (χ0v) is 11.6. The largest absolute Gasteiger partial charge is 0.419 e. The Bertz CT molecular complexity index is 666. The maximum atomic E-state index is 13.8. The van der Waals surface area contributed by atoms with E-state index < -0.39 is 29.0 Å². The summed E-state index contributed by atoms with van der Waals surface area (Å²) in [6, 6.07) is 2.59. The number of hydrogen-bond donors (Lipinski definition) is 1. The molecule has 1 N–H and O–H groups in total. The Kier molecular flexibility index (Phi) is 4.26. The normalized spacial score (nSPS) is 11.5. The molecule has 1 aromatic heterocycles. The van der Waals surface area contributed by atoms with Crippen molar-refractivity contribution < 1.29 is 22.4 Å². The number of aryl methyl sites for hydroxylation is 1. The van der Waals surface area contributed by atoms with Crippen molar-refractivity contribution in [3.8, 4) is 0 Å². The molecular formula is C13H10F4N2OS. The van der Waals surface area contributed by atoms with Crippen molar-refractivity contribution in [2.24, 2.45) is 0 Å². The lowest BCUT2D eigenvalue weighted by molar-refractivity contribution is -0.140. The smallest absolute Gasteiger partial charge is 0.345 e. The third kappa shape index (κ3) is 3.57. The Balaban J connectivity index is 2.16. The molecule has 1 heterocycles. The standard InChI is InChI=1S/C13H10F4N2OS/c1-7-5-18-10(21-7)6-19-12(20)8-3-2-4-9(11(8)14)13(15,16)17/h2-5H,6H2,1H3,(H,19,20). The Morgan fingerprint density at radius 3 is 2.67 bits per heavy atom. The molecule has 2 rings (SSSR count). The number of carbonyl (C=O) groups is 1. The lowest BCUT2D eigenvalue weighted by Crippen LogP contribution is -2.25. The van der Waals surface area contributed by atoms with Gasteiger partial charge in [0.25, 0.3) is 5.91 Å². The zero-order chi connectivity index (χ0) is 15.6. The minimum atomic E-state index is -4.84. The Hall–Kier alpha value is -1.96. The molecular weight excluding hydrogens is 308 g/mol. The second-order valence-corrected chi connectivity index (χ2v) is 5.53. The summed E-state index contributed by atoms with van der Waals surface area (Å²) in [5, 5.41) is 2.94. The SMILES string of the molecule is Cc1cnc(CNC(=O)c2cccc(C(F)(F)F)c2F)s1. The van der Waals surface area contributed by atoms with Crippen LogP contribution in [0.5, 0.6) is 0 Å². The predicted molar refractivity (Wildman–Crippen MR) is 69.4 cm³/mol. The second kappa shape index (κ2) is 5.80. The van der Waals surface area contributed by atoms with E-state index in [2.05, 4.69) is 10.3 Å². The minimum Gasteiger partial charge on any atom is -0.345 e.